The summed E-state index contributed by atoms with van der Waals surface area (Å²) in [5.41, 5.74) is 9.86. The van der Waals surface area contributed by atoms with Crippen molar-refractivity contribution in [1.29, 1.82) is 0 Å². The molecule has 0 spiro atoms. The largest absolute Gasteiger partial charge is 0.398 e. The van der Waals surface area contributed by atoms with E-state index in [1.807, 2.05) is 30.6 Å². The lowest BCUT2D eigenvalue weighted by Crippen LogP contribution is -1.94. The van der Waals surface area contributed by atoms with Gasteiger partial charge in [-0.05, 0) is 23.8 Å². The molecule has 0 atom stereocenters. The van der Waals surface area contributed by atoms with E-state index in [-0.39, 0.29) is 0 Å². The number of pyridine rings is 1. The van der Waals surface area contributed by atoms with Crippen LogP contribution < -0.4 is 5.73 Å². The molecule has 0 aliphatic carbocycles. The lowest BCUT2D eigenvalue weighted by atomic mass is 10.0. The van der Waals surface area contributed by atoms with Gasteiger partial charge in [0.1, 0.15) is 0 Å². The third-order valence-corrected chi connectivity index (χ3v) is 2.54. The molecular weight excluding hydrogens is 186 g/mol. The molecule has 2 aromatic rings. The molecule has 1 aromatic carbocycles. The molecule has 3 nitrogen and oxygen atoms in total. The summed E-state index contributed by atoms with van der Waals surface area (Å²) >= 11 is 0. The van der Waals surface area contributed by atoms with Crippen LogP contribution >= 0.6 is 0 Å². The summed E-state index contributed by atoms with van der Waals surface area (Å²) in [6.45, 7) is 0. The van der Waals surface area contributed by atoms with Gasteiger partial charge in [-0.25, -0.2) is 0 Å². The summed E-state index contributed by atoms with van der Waals surface area (Å²) in [7, 11) is 0. The SMILES string of the molecule is Nc1ccnc2ccc(C3=CN=C3)cc12. The van der Waals surface area contributed by atoms with Crippen molar-refractivity contribution in [3.8, 4) is 0 Å². The van der Waals surface area contributed by atoms with Crippen molar-refractivity contribution in [2.24, 2.45) is 4.99 Å². The molecule has 0 radical (unpaired) electrons. The molecular formula is C12H9N3. The maximum atomic E-state index is 5.89. The van der Waals surface area contributed by atoms with Crippen molar-refractivity contribution in [2.45, 2.75) is 0 Å². The zero-order valence-corrected chi connectivity index (χ0v) is 8.01. The van der Waals surface area contributed by atoms with E-state index in [4.69, 9.17) is 5.73 Å². The molecule has 0 saturated carbocycles. The highest BCUT2D eigenvalue weighted by Crippen LogP contribution is 2.25. The van der Waals surface area contributed by atoms with E-state index in [9.17, 15) is 0 Å². The average Bonchev–Trinajstić information content (AvgIpc) is 2.17. The van der Waals surface area contributed by atoms with Gasteiger partial charge < -0.3 is 5.73 Å². The number of hydrogen-bond acceptors (Lipinski definition) is 3. The molecule has 2 heterocycles. The van der Waals surface area contributed by atoms with Crippen LogP contribution in [-0.2, 0) is 0 Å². The Morgan fingerprint density at radius 1 is 1.13 bits per heavy atom. The van der Waals surface area contributed by atoms with Gasteiger partial charge in [0.15, 0.2) is 0 Å². The van der Waals surface area contributed by atoms with E-state index in [1.54, 1.807) is 6.20 Å². The number of allylic oxidation sites excluding steroid dienone is 1. The van der Waals surface area contributed by atoms with E-state index >= 15 is 0 Å². The molecule has 3 rings (SSSR count). The lowest BCUT2D eigenvalue weighted by Gasteiger charge is -2.08. The van der Waals surface area contributed by atoms with Crippen LogP contribution in [0, 0.1) is 0 Å². The van der Waals surface area contributed by atoms with Gasteiger partial charge in [-0.2, -0.15) is 0 Å². The molecule has 15 heavy (non-hydrogen) atoms. The smallest absolute Gasteiger partial charge is 0.0723 e. The normalized spacial score (nSPS) is 13.7. The van der Waals surface area contributed by atoms with Crippen LogP contribution in [0.4, 0.5) is 5.69 Å². The average molecular weight is 195 g/mol. The molecule has 0 fully saturated rings. The summed E-state index contributed by atoms with van der Waals surface area (Å²) in [5, 5.41) is 0.996. The number of aliphatic imine (C=N–C) groups is 1. The standard InChI is InChI=1S/C12H9N3/c13-11-3-4-15-12-2-1-8(5-10(11)12)9-6-14-7-9/h1-7H,(H2,13,15). The first-order chi connectivity index (χ1) is 7.34. The molecule has 1 aliphatic rings. The highest BCUT2D eigenvalue weighted by atomic mass is 14.7. The van der Waals surface area contributed by atoms with Crippen molar-refractivity contribution in [2.75, 3.05) is 5.73 Å². The highest BCUT2D eigenvalue weighted by Gasteiger charge is 2.06. The molecule has 72 valence electrons. The fraction of sp³-hybridized carbons (Fsp3) is 0. The molecule has 0 unspecified atom stereocenters. The highest BCUT2D eigenvalue weighted by molar-refractivity contribution is 6.15. The van der Waals surface area contributed by atoms with Gasteiger partial charge in [0.25, 0.3) is 0 Å². The van der Waals surface area contributed by atoms with Crippen molar-refractivity contribution in [3.63, 3.8) is 0 Å². The quantitative estimate of drug-likeness (QED) is 0.758. The first kappa shape index (κ1) is 8.17. The summed E-state index contributed by atoms with van der Waals surface area (Å²) < 4.78 is 0. The van der Waals surface area contributed by atoms with Crippen molar-refractivity contribution in [1.82, 2.24) is 4.98 Å². The van der Waals surface area contributed by atoms with Gasteiger partial charge >= 0.3 is 0 Å². The maximum absolute atomic E-state index is 5.89. The molecule has 3 heteroatoms. The van der Waals surface area contributed by atoms with Crippen LogP contribution in [0.5, 0.6) is 0 Å². The Balaban J connectivity index is 2.24. The van der Waals surface area contributed by atoms with Gasteiger partial charge in [0.05, 0.1) is 5.52 Å². The Labute approximate surface area is 87.0 Å². The predicted molar refractivity (Wildman–Crippen MR) is 62.6 cm³/mol. The molecule has 0 bridgehead atoms. The number of anilines is 1. The zero-order valence-electron chi connectivity index (χ0n) is 8.01. The Bertz CT molecular complexity index is 597. The molecule has 1 aromatic heterocycles. The van der Waals surface area contributed by atoms with Gasteiger partial charge in [-0.1, -0.05) is 6.07 Å². The third-order valence-electron chi connectivity index (χ3n) is 2.54. The predicted octanol–water partition coefficient (Wildman–Crippen LogP) is 2.24. The van der Waals surface area contributed by atoms with E-state index in [2.05, 4.69) is 16.0 Å². The Morgan fingerprint density at radius 3 is 2.73 bits per heavy atom. The zero-order chi connectivity index (χ0) is 10.3. The Kier molecular flexibility index (Phi) is 1.59. The molecule has 0 saturated heterocycles. The number of rotatable bonds is 1. The van der Waals surface area contributed by atoms with Crippen LogP contribution in [0.1, 0.15) is 5.56 Å². The van der Waals surface area contributed by atoms with Crippen molar-refractivity contribution >= 4 is 28.4 Å². The van der Waals surface area contributed by atoms with Crippen molar-refractivity contribution in [3.05, 3.63) is 42.2 Å². The van der Waals surface area contributed by atoms with E-state index < -0.39 is 0 Å². The summed E-state index contributed by atoms with van der Waals surface area (Å²) in [6.07, 6.45) is 5.41. The second kappa shape index (κ2) is 2.92. The summed E-state index contributed by atoms with van der Waals surface area (Å²) in [6, 6.07) is 7.88. The first-order valence-corrected chi connectivity index (χ1v) is 4.72. The van der Waals surface area contributed by atoms with Crippen LogP contribution in [0.2, 0.25) is 0 Å². The number of nitrogens with two attached hydrogens (primary N) is 1. The van der Waals surface area contributed by atoms with Gasteiger partial charge in [0, 0.05) is 35.3 Å². The third kappa shape index (κ3) is 1.21. The fourth-order valence-corrected chi connectivity index (χ4v) is 1.65. The van der Waals surface area contributed by atoms with E-state index in [0.29, 0.717) is 0 Å². The van der Waals surface area contributed by atoms with Crippen LogP contribution in [0.25, 0.3) is 16.5 Å². The Hall–Kier alpha value is -2.16. The molecule has 1 aliphatic heterocycles. The first-order valence-electron chi connectivity index (χ1n) is 4.72. The minimum atomic E-state index is 0.763. The number of benzene rings is 1. The summed E-state index contributed by atoms with van der Waals surface area (Å²) in [4.78, 5) is 8.20. The van der Waals surface area contributed by atoms with Crippen LogP contribution in [0.15, 0.2) is 41.7 Å². The van der Waals surface area contributed by atoms with Crippen LogP contribution in [0.3, 0.4) is 0 Å². The second-order valence-electron chi connectivity index (χ2n) is 3.49. The van der Waals surface area contributed by atoms with E-state index in [1.165, 1.54) is 0 Å². The Morgan fingerprint density at radius 2 is 2.00 bits per heavy atom. The van der Waals surface area contributed by atoms with E-state index in [0.717, 1.165) is 27.7 Å². The maximum Gasteiger partial charge on any atom is 0.0723 e. The molecule has 0 amide bonds. The summed E-state index contributed by atoms with van der Waals surface area (Å²) in [5.74, 6) is 0. The number of hydrogen-bond donors (Lipinski definition) is 1. The van der Waals surface area contributed by atoms with Gasteiger partial charge in [-0.3, -0.25) is 9.98 Å². The minimum absolute atomic E-state index is 0.763. The van der Waals surface area contributed by atoms with Crippen molar-refractivity contribution < 1.29 is 0 Å². The monoisotopic (exact) mass is 195 g/mol. The number of fused-ring (bicyclic) bond motifs is 1. The number of aromatic nitrogens is 1. The lowest BCUT2D eigenvalue weighted by molar-refractivity contribution is 1.41. The topological polar surface area (TPSA) is 51.3 Å². The number of nitrogens with zero attached hydrogens (tertiary/aromatic N) is 2. The number of nitrogen functional groups attached to an aromatic ring is 1. The molecule has 2 N–H and O–H groups in total. The van der Waals surface area contributed by atoms with Gasteiger partial charge in [0.2, 0.25) is 0 Å². The second-order valence-corrected chi connectivity index (χ2v) is 3.49. The van der Waals surface area contributed by atoms with Crippen LogP contribution in [-0.4, -0.2) is 11.2 Å². The van der Waals surface area contributed by atoms with Gasteiger partial charge in [-0.15, -0.1) is 0 Å². The minimum Gasteiger partial charge on any atom is -0.398 e. The fourth-order valence-electron chi connectivity index (χ4n) is 1.65.